The average Bonchev–Trinajstić information content (AvgIpc) is 2.94. The maximum absolute atomic E-state index is 12.9. The number of esters is 1. The van der Waals surface area contributed by atoms with Gasteiger partial charge in [0.05, 0.1) is 0 Å². The predicted molar refractivity (Wildman–Crippen MR) is 128 cm³/mol. The summed E-state index contributed by atoms with van der Waals surface area (Å²) in [6.07, 6.45) is 2.64. The molecule has 1 aliphatic heterocycles. The van der Waals surface area contributed by atoms with Gasteiger partial charge in [0.2, 0.25) is 0 Å². The second-order valence-corrected chi connectivity index (χ2v) is 10.7. The second-order valence-electron chi connectivity index (χ2n) is 10.7. The predicted octanol–water partition coefficient (Wildman–Crippen LogP) is 7.76. The lowest BCUT2D eigenvalue weighted by Crippen LogP contribution is -2.17. The zero-order chi connectivity index (χ0) is 22.9. The molecule has 0 fully saturated rings. The van der Waals surface area contributed by atoms with E-state index in [0.717, 1.165) is 22.4 Å². The lowest BCUT2D eigenvalue weighted by Gasteiger charge is -2.27. The fraction of sp³-hybridized carbons (Fsp3) is 0.536. The molecule has 0 bridgehead atoms. The van der Waals surface area contributed by atoms with Crippen LogP contribution in [0.15, 0.2) is 30.3 Å². The molecule has 0 saturated carbocycles. The van der Waals surface area contributed by atoms with Gasteiger partial charge in [-0.1, -0.05) is 110 Å². The summed E-state index contributed by atoms with van der Waals surface area (Å²) in [4.78, 5) is 12.9. The first kappa shape index (κ1) is 24.2. The third-order valence-corrected chi connectivity index (χ3v) is 5.62. The molecule has 2 aromatic rings. The van der Waals surface area contributed by atoms with Gasteiger partial charge in [-0.15, -0.1) is 0 Å². The van der Waals surface area contributed by atoms with E-state index in [1.165, 1.54) is 29.5 Å². The van der Waals surface area contributed by atoms with Crippen LogP contribution in [0.3, 0.4) is 0 Å². The molecule has 0 saturated heterocycles. The summed E-state index contributed by atoms with van der Waals surface area (Å²) < 4.78 is 5.84. The average molecular weight is 409 g/mol. The van der Waals surface area contributed by atoms with Crippen molar-refractivity contribution in [1.82, 2.24) is 0 Å². The van der Waals surface area contributed by atoms with Crippen LogP contribution in [0.4, 0.5) is 0 Å². The van der Waals surface area contributed by atoms with Crippen molar-refractivity contribution < 1.29 is 9.53 Å². The first-order chi connectivity index (χ1) is 13.8. The normalized spacial score (nSPS) is 15.9. The number of ether oxygens (including phenoxy) is 1. The van der Waals surface area contributed by atoms with E-state index in [9.17, 15) is 4.79 Å². The number of hydrogen-bond donors (Lipinski definition) is 0. The smallest absolute Gasteiger partial charge is 0.323 e. The number of carbonyl (C=O) groups is 1. The third-order valence-electron chi connectivity index (χ3n) is 5.62. The van der Waals surface area contributed by atoms with Gasteiger partial charge < -0.3 is 4.74 Å². The highest BCUT2D eigenvalue weighted by Gasteiger charge is 2.39. The molecule has 0 spiro atoms. The van der Waals surface area contributed by atoms with E-state index in [1.54, 1.807) is 0 Å². The van der Waals surface area contributed by atoms with Crippen LogP contribution in [0.2, 0.25) is 0 Å². The topological polar surface area (TPSA) is 26.3 Å². The number of benzene rings is 2. The Balaban J connectivity index is 0.000000735. The summed E-state index contributed by atoms with van der Waals surface area (Å²) in [7, 11) is 0. The summed E-state index contributed by atoms with van der Waals surface area (Å²) in [6.45, 7) is 21.7. The molecule has 0 amide bonds. The lowest BCUT2D eigenvalue weighted by molar-refractivity contribution is -0.133. The van der Waals surface area contributed by atoms with Gasteiger partial charge in [-0.05, 0) is 35.8 Å². The van der Waals surface area contributed by atoms with Crippen LogP contribution in [-0.4, -0.2) is 5.97 Å². The molecule has 0 N–H and O–H groups in total. The van der Waals surface area contributed by atoms with E-state index in [-0.39, 0.29) is 22.7 Å². The first-order valence-corrected chi connectivity index (χ1v) is 11.3. The fourth-order valence-corrected chi connectivity index (χ4v) is 3.75. The summed E-state index contributed by atoms with van der Waals surface area (Å²) >= 11 is 0. The van der Waals surface area contributed by atoms with Crippen molar-refractivity contribution in [1.29, 1.82) is 0 Å². The van der Waals surface area contributed by atoms with Gasteiger partial charge >= 0.3 is 5.97 Å². The Bertz CT molecular complexity index is 885. The molecule has 2 aromatic carbocycles. The Morgan fingerprint density at radius 2 is 1.33 bits per heavy atom. The van der Waals surface area contributed by atoms with Crippen LogP contribution >= 0.6 is 0 Å². The Morgan fingerprint density at radius 3 is 1.77 bits per heavy atom. The molecule has 0 aromatic heterocycles. The lowest BCUT2D eigenvalue weighted by atomic mass is 9.77. The number of aryl methyl sites for hydroxylation is 2. The minimum absolute atomic E-state index is 0.00768. The summed E-state index contributed by atoms with van der Waals surface area (Å²) in [6, 6.07) is 10.7. The number of hydrogen-bond acceptors (Lipinski definition) is 2. The van der Waals surface area contributed by atoms with Crippen LogP contribution in [0.25, 0.3) is 0 Å². The van der Waals surface area contributed by atoms with Gasteiger partial charge in [0.25, 0.3) is 0 Å². The van der Waals surface area contributed by atoms with Crippen molar-refractivity contribution in [2.75, 3.05) is 0 Å². The van der Waals surface area contributed by atoms with E-state index in [1.807, 2.05) is 0 Å². The zero-order valence-corrected chi connectivity index (χ0v) is 20.7. The highest BCUT2D eigenvalue weighted by molar-refractivity contribution is 5.90. The fourth-order valence-electron chi connectivity index (χ4n) is 3.75. The SMILES string of the molecule is CCCC.Cc1cc(C)cc(C2C(=O)Oc3c2cc(C(C)(C)C)cc3C(C)(C)C)c1. The molecule has 2 heteroatoms. The van der Waals surface area contributed by atoms with Crippen molar-refractivity contribution in [2.24, 2.45) is 0 Å². The van der Waals surface area contributed by atoms with Crippen molar-refractivity contribution in [2.45, 2.75) is 98.8 Å². The Morgan fingerprint density at radius 1 is 0.800 bits per heavy atom. The van der Waals surface area contributed by atoms with Crippen LogP contribution in [-0.2, 0) is 15.6 Å². The molecule has 2 nitrogen and oxygen atoms in total. The van der Waals surface area contributed by atoms with E-state index in [0.29, 0.717) is 0 Å². The van der Waals surface area contributed by atoms with E-state index < -0.39 is 0 Å². The largest absolute Gasteiger partial charge is 0.425 e. The summed E-state index contributed by atoms with van der Waals surface area (Å²) in [5, 5.41) is 0. The van der Waals surface area contributed by atoms with E-state index >= 15 is 0 Å². The van der Waals surface area contributed by atoms with Gasteiger partial charge in [-0.25, -0.2) is 0 Å². The van der Waals surface area contributed by atoms with E-state index in [4.69, 9.17) is 4.74 Å². The van der Waals surface area contributed by atoms with Crippen LogP contribution in [0.5, 0.6) is 5.75 Å². The quantitative estimate of drug-likeness (QED) is 0.375. The summed E-state index contributed by atoms with van der Waals surface area (Å²) in [5.41, 5.74) is 6.65. The monoisotopic (exact) mass is 408 g/mol. The van der Waals surface area contributed by atoms with Crippen molar-refractivity contribution in [3.05, 3.63) is 63.7 Å². The van der Waals surface area contributed by atoms with Gasteiger partial charge in [-0.2, -0.15) is 0 Å². The Kier molecular flexibility index (Phi) is 7.22. The molecule has 1 unspecified atom stereocenters. The van der Waals surface area contributed by atoms with Crippen molar-refractivity contribution in [3.8, 4) is 5.75 Å². The standard InChI is InChI=1S/C24H30O2.C4H10/c1-14-9-15(2)11-16(10-14)20-18-12-17(23(3,4)5)13-19(24(6,7)8)21(18)26-22(20)25;1-3-4-2/h9-13,20H,1-8H3;3-4H2,1-2H3. The highest BCUT2D eigenvalue weighted by Crippen LogP contribution is 2.47. The molecule has 3 rings (SSSR count). The molecule has 164 valence electrons. The van der Waals surface area contributed by atoms with Gasteiger partial charge in [-0.3, -0.25) is 4.79 Å². The van der Waals surface area contributed by atoms with Crippen molar-refractivity contribution in [3.63, 3.8) is 0 Å². The highest BCUT2D eigenvalue weighted by atomic mass is 16.5. The molecule has 30 heavy (non-hydrogen) atoms. The minimum Gasteiger partial charge on any atom is -0.425 e. The number of unbranched alkanes of at least 4 members (excludes halogenated alkanes) is 1. The molecule has 1 aliphatic rings. The van der Waals surface area contributed by atoms with Crippen LogP contribution in [0.1, 0.15) is 108 Å². The maximum Gasteiger partial charge on any atom is 0.323 e. The van der Waals surface area contributed by atoms with Gasteiger partial charge in [0.15, 0.2) is 0 Å². The van der Waals surface area contributed by atoms with Crippen LogP contribution < -0.4 is 4.74 Å². The zero-order valence-electron chi connectivity index (χ0n) is 20.7. The number of rotatable bonds is 2. The molecule has 1 atom stereocenters. The van der Waals surface area contributed by atoms with Gasteiger partial charge in [0.1, 0.15) is 11.7 Å². The molecule has 0 aliphatic carbocycles. The number of carbonyl (C=O) groups excluding carboxylic acids is 1. The molecule has 0 radical (unpaired) electrons. The Labute approximate surface area is 184 Å². The van der Waals surface area contributed by atoms with Gasteiger partial charge in [0, 0.05) is 11.1 Å². The summed E-state index contributed by atoms with van der Waals surface area (Å²) in [5.74, 6) is 0.258. The second kappa shape index (κ2) is 8.96. The molecular formula is C28H40O2. The Hall–Kier alpha value is -2.09. The minimum atomic E-state index is -0.341. The van der Waals surface area contributed by atoms with Crippen LogP contribution in [0, 0.1) is 13.8 Å². The first-order valence-electron chi connectivity index (χ1n) is 11.3. The number of fused-ring (bicyclic) bond motifs is 1. The third kappa shape index (κ3) is 5.33. The van der Waals surface area contributed by atoms with Crippen molar-refractivity contribution >= 4 is 5.97 Å². The maximum atomic E-state index is 12.9. The molecular weight excluding hydrogens is 368 g/mol. The molecule has 1 heterocycles. The van der Waals surface area contributed by atoms with E-state index in [2.05, 4.69) is 99.6 Å².